The van der Waals surface area contributed by atoms with E-state index in [-0.39, 0.29) is 17.6 Å². The molecule has 4 aliphatic carbocycles. The van der Waals surface area contributed by atoms with Crippen LogP contribution < -0.4 is 0 Å². The third kappa shape index (κ3) is 2.27. The van der Waals surface area contributed by atoms with Crippen molar-refractivity contribution in [3.05, 3.63) is 0 Å². The second-order valence-electron chi connectivity index (χ2n) is 10.1. The van der Waals surface area contributed by atoms with E-state index in [1.165, 1.54) is 44.9 Å². The van der Waals surface area contributed by atoms with Gasteiger partial charge in [-0.3, -0.25) is 0 Å². The van der Waals surface area contributed by atoms with Crippen LogP contribution in [0, 0.1) is 40.4 Å². The Hall–Kier alpha value is -0.0800. The van der Waals surface area contributed by atoms with E-state index in [0.29, 0.717) is 11.3 Å². The molecule has 4 fully saturated rings. The third-order valence-corrected chi connectivity index (χ3v) is 9.22. The fourth-order valence-corrected chi connectivity index (χ4v) is 7.74. The number of aliphatic hydroxyl groups is 2. The molecule has 4 rings (SSSR count). The molecule has 0 spiro atoms. The SMILES string of the molecule is C[C@@H]1CC[C@H]2[C@@H]3CC[C@@H]4C[C@H](O)CC[C@]4(C)[C@@H]3CC[C@]2(C)[C@@H]1O. The van der Waals surface area contributed by atoms with Crippen LogP contribution in [-0.2, 0) is 0 Å². The first kappa shape index (κ1) is 16.4. The summed E-state index contributed by atoms with van der Waals surface area (Å²) in [7, 11) is 0. The molecule has 4 saturated carbocycles. The largest absolute Gasteiger partial charge is 0.393 e. The van der Waals surface area contributed by atoms with E-state index in [0.717, 1.165) is 36.5 Å². The molecule has 9 atom stereocenters. The van der Waals surface area contributed by atoms with Crippen molar-refractivity contribution in [1.82, 2.24) is 0 Å². The van der Waals surface area contributed by atoms with Gasteiger partial charge >= 0.3 is 0 Å². The molecule has 0 unspecified atom stereocenters. The van der Waals surface area contributed by atoms with E-state index in [1.807, 2.05) is 0 Å². The quantitative estimate of drug-likeness (QED) is 0.695. The minimum atomic E-state index is -0.0964. The predicted molar refractivity (Wildman–Crippen MR) is 92.9 cm³/mol. The van der Waals surface area contributed by atoms with Gasteiger partial charge in [-0.1, -0.05) is 20.8 Å². The summed E-state index contributed by atoms with van der Waals surface area (Å²) in [5.41, 5.74) is 0.619. The zero-order valence-electron chi connectivity index (χ0n) is 15.3. The van der Waals surface area contributed by atoms with Gasteiger partial charge in [0, 0.05) is 0 Å². The maximum atomic E-state index is 10.9. The lowest BCUT2D eigenvalue weighted by Crippen LogP contribution is -2.58. The first-order valence-corrected chi connectivity index (χ1v) is 10.2. The Kier molecular flexibility index (Phi) is 3.89. The molecule has 23 heavy (non-hydrogen) atoms. The number of rotatable bonds is 0. The number of fused-ring (bicyclic) bond motifs is 5. The Morgan fingerprint density at radius 2 is 1.48 bits per heavy atom. The summed E-state index contributed by atoms with van der Waals surface area (Å²) in [5.74, 6) is 3.62. The second kappa shape index (κ2) is 5.46. The van der Waals surface area contributed by atoms with Crippen molar-refractivity contribution in [1.29, 1.82) is 0 Å². The highest BCUT2D eigenvalue weighted by molar-refractivity contribution is 5.09. The lowest BCUT2D eigenvalue weighted by molar-refractivity contribution is -0.177. The van der Waals surface area contributed by atoms with Gasteiger partial charge in [-0.15, -0.1) is 0 Å². The van der Waals surface area contributed by atoms with Crippen LogP contribution in [0.2, 0.25) is 0 Å². The first-order chi connectivity index (χ1) is 10.9. The van der Waals surface area contributed by atoms with Crippen molar-refractivity contribution in [3.8, 4) is 0 Å². The van der Waals surface area contributed by atoms with E-state index in [2.05, 4.69) is 20.8 Å². The van der Waals surface area contributed by atoms with Gasteiger partial charge in [-0.05, 0) is 98.2 Å². The number of hydrogen-bond donors (Lipinski definition) is 2. The minimum absolute atomic E-state index is 0.0455. The van der Waals surface area contributed by atoms with Crippen molar-refractivity contribution in [2.24, 2.45) is 40.4 Å². The monoisotopic (exact) mass is 320 g/mol. The van der Waals surface area contributed by atoms with Crippen LogP contribution in [0.1, 0.15) is 78.6 Å². The number of hydrogen-bond acceptors (Lipinski definition) is 2. The average Bonchev–Trinajstić information content (AvgIpc) is 2.52. The first-order valence-electron chi connectivity index (χ1n) is 10.2. The molecule has 132 valence electrons. The molecule has 4 aliphatic rings. The van der Waals surface area contributed by atoms with Crippen LogP contribution in [-0.4, -0.2) is 22.4 Å². The average molecular weight is 321 g/mol. The molecule has 0 saturated heterocycles. The molecule has 2 N–H and O–H groups in total. The molecule has 0 aromatic carbocycles. The van der Waals surface area contributed by atoms with Gasteiger partial charge in [0.05, 0.1) is 12.2 Å². The molecule has 0 amide bonds. The summed E-state index contributed by atoms with van der Waals surface area (Å²) >= 11 is 0. The molecule has 0 aromatic heterocycles. The van der Waals surface area contributed by atoms with Crippen LogP contribution in [0.5, 0.6) is 0 Å². The van der Waals surface area contributed by atoms with Crippen molar-refractivity contribution >= 4 is 0 Å². The van der Waals surface area contributed by atoms with E-state index >= 15 is 0 Å². The Morgan fingerprint density at radius 3 is 2.26 bits per heavy atom. The Bertz CT molecular complexity index is 463. The van der Waals surface area contributed by atoms with Gasteiger partial charge in [-0.2, -0.15) is 0 Å². The summed E-state index contributed by atoms with van der Waals surface area (Å²) in [5, 5.41) is 21.0. The van der Waals surface area contributed by atoms with Gasteiger partial charge in [0.1, 0.15) is 0 Å². The fraction of sp³-hybridized carbons (Fsp3) is 1.00. The van der Waals surface area contributed by atoms with Crippen LogP contribution in [0.3, 0.4) is 0 Å². The number of aliphatic hydroxyl groups excluding tert-OH is 2. The van der Waals surface area contributed by atoms with Crippen LogP contribution >= 0.6 is 0 Å². The van der Waals surface area contributed by atoms with Crippen molar-refractivity contribution in [2.45, 2.75) is 90.8 Å². The van der Waals surface area contributed by atoms with E-state index in [1.54, 1.807) is 0 Å². The highest BCUT2D eigenvalue weighted by Gasteiger charge is 2.59. The summed E-state index contributed by atoms with van der Waals surface area (Å²) in [4.78, 5) is 0. The summed E-state index contributed by atoms with van der Waals surface area (Å²) in [6, 6.07) is 0. The third-order valence-electron chi connectivity index (χ3n) is 9.22. The normalized spacial score (nSPS) is 59.6. The molecular formula is C21H36O2. The predicted octanol–water partition coefficient (Wildman–Crippen LogP) is 4.39. The fourth-order valence-electron chi connectivity index (χ4n) is 7.74. The Balaban J connectivity index is 1.62. The maximum absolute atomic E-state index is 10.9. The van der Waals surface area contributed by atoms with Gasteiger partial charge in [0.15, 0.2) is 0 Å². The van der Waals surface area contributed by atoms with Gasteiger partial charge < -0.3 is 10.2 Å². The van der Waals surface area contributed by atoms with Gasteiger partial charge in [0.2, 0.25) is 0 Å². The summed E-state index contributed by atoms with van der Waals surface area (Å²) < 4.78 is 0. The van der Waals surface area contributed by atoms with Crippen LogP contribution in [0.4, 0.5) is 0 Å². The molecule has 0 aliphatic heterocycles. The highest BCUT2D eigenvalue weighted by atomic mass is 16.3. The molecule has 2 heteroatoms. The van der Waals surface area contributed by atoms with E-state index in [9.17, 15) is 10.2 Å². The Morgan fingerprint density at radius 1 is 0.783 bits per heavy atom. The summed E-state index contributed by atoms with van der Waals surface area (Å²) in [6.07, 6.45) is 10.9. The smallest absolute Gasteiger partial charge is 0.0622 e. The molecule has 0 aromatic rings. The standard InChI is InChI=1S/C21H36O2/c1-13-4-7-17-16-6-5-14-12-15(22)8-10-20(14,2)18(16)9-11-21(17,3)19(13)23/h13-19,22-23H,4-12H2,1-3H3/t13-,14-,15-,16+,17+,18-,19-,20+,21+/m1/s1. The van der Waals surface area contributed by atoms with Crippen LogP contribution in [0.25, 0.3) is 0 Å². The van der Waals surface area contributed by atoms with Crippen molar-refractivity contribution in [2.75, 3.05) is 0 Å². The maximum Gasteiger partial charge on any atom is 0.0622 e. The van der Waals surface area contributed by atoms with E-state index < -0.39 is 0 Å². The molecule has 0 bridgehead atoms. The van der Waals surface area contributed by atoms with Gasteiger partial charge in [-0.25, -0.2) is 0 Å². The van der Waals surface area contributed by atoms with Crippen LogP contribution in [0.15, 0.2) is 0 Å². The topological polar surface area (TPSA) is 40.5 Å². The highest BCUT2D eigenvalue weighted by Crippen LogP contribution is 2.65. The lowest BCUT2D eigenvalue weighted by Gasteiger charge is -2.63. The Labute approximate surface area is 142 Å². The zero-order valence-corrected chi connectivity index (χ0v) is 15.3. The van der Waals surface area contributed by atoms with Crippen molar-refractivity contribution in [3.63, 3.8) is 0 Å². The minimum Gasteiger partial charge on any atom is -0.393 e. The van der Waals surface area contributed by atoms with Crippen molar-refractivity contribution < 1.29 is 10.2 Å². The molecule has 2 nitrogen and oxygen atoms in total. The van der Waals surface area contributed by atoms with E-state index in [4.69, 9.17) is 0 Å². The second-order valence-corrected chi connectivity index (χ2v) is 10.1. The molecular weight excluding hydrogens is 284 g/mol. The lowest BCUT2D eigenvalue weighted by atomic mass is 9.42. The summed E-state index contributed by atoms with van der Waals surface area (Å²) in [6.45, 7) is 7.19. The molecule has 0 radical (unpaired) electrons. The molecule has 0 heterocycles. The zero-order chi connectivity index (χ0) is 16.4. The van der Waals surface area contributed by atoms with Gasteiger partial charge in [0.25, 0.3) is 0 Å².